The Kier molecular flexibility index (Phi) is 4.95. The second-order valence-corrected chi connectivity index (χ2v) is 8.16. The molecule has 2 aromatic carbocycles. The lowest BCUT2D eigenvalue weighted by Crippen LogP contribution is -2.34. The van der Waals surface area contributed by atoms with E-state index in [1.165, 1.54) is 6.92 Å². The second kappa shape index (κ2) is 7.00. The Balaban J connectivity index is 1.72. The fourth-order valence-corrected chi connectivity index (χ4v) is 3.64. The van der Waals surface area contributed by atoms with Crippen molar-refractivity contribution in [1.82, 2.24) is 5.32 Å². The first-order chi connectivity index (χ1) is 11.9. The molecule has 0 radical (unpaired) electrons. The van der Waals surface area contributed by atoms with E-state index in [0.717, 1.165) is 29.4 Å². The number of fused-ring (bicyclic) bond motifs is 3. The lowest BCUT2D eigenvalue weighted by molar-refractivity contribution is 0.140. The Morgan fingerprint density at radius 2 is 1.68 bits per heavy atom. The molecule has 6 nitrogen and oxygen atoms in total. The summed E-state index contributed by atoms with van der Waals surface area (Å²) in [6, 6.07) is 16.0. The maximum absolute atomic E-state index is 12.0. The van der Waals surface area contributed by atoms with Gasteiger partial charge in [-0.2, -0.15) is 0 Å². The predicted octanol–water partition coefficient (Wildman–Crippen LogP) is 3.70. The highest BCUT2D eigenvalue weighted by atomic mass is 31.2. The van der Waals surface area contributed by atoms with E-state index in [4.69, 9.17) is 4.74 Å². The van der Waals surface area contributed by atoms with E-state index in [2.05, 4.69) is 22.0 Å². The number of amides is 1. The summed E-state index contributed by atoms with van der Waals surface area (Å²) in [5.74, 6) is -1.11. The highest BCUT2D eigenvalue weighted by Crippen LogP contribution is 2.46. The van der Waals surface area contributed by atoms with Gasteiger partial charge in [-0.05, 0) is 29.2 Å². The molecule has 7 heteroatoms. The van der Waals surface area contributed by atoms with Crippen LogP contribution in [0.3, 0.4) is 0 Å². The fourth-order valence-electron chi connectivity index (χ4n) is 3.05. The van der Waals surface area contributed by atoms with Gasteiger partial charge in [0.1, 0.15) is 12.4 Å². The van der Waals surface area contributed by atoms with Crippen LogP contribution in [-0.2, 0) is 13.8 Å². The molecule has 25 heavy (non-hydrogen) atoms. The van der Waals surface area contributed by atoms with Gasteiger partial charge >= 0.3 is 13.7 Å². The Labute approximate surface area is 146 Å². The van der Waals surface area contributed by atoms with E-state index in [-0.39, 0.29) is 12.5 Å². The van der Waals surface area contributed by atoms with E-state index in [9.17, 15) is 14.3 Å². The van der Waals surface area contributed by atoms with Gasteiger partial charge in [0.05, 0.1) is 0 Å². The van der Waals surface area contributed by atoms with E-state index >= 15 is 0 Å². The third-order valence-electron chi connectivity index (χ3n) is 4.42. The molecule has 1 amide bonds. The summed E-state index contributed by atoms with van der Waals surface area (Å²) in [5, 5.41) is 2.34. The third kappa shape index (κ3) is 3.47. The number of carbonyl (C=O) groups excluding carboxylic acids is 1. The van der Waals surface area contributed by atoms with E-state index in [1.807, 2.05) is 36.4 Å². The van der Waals surface area contributed by atoms with Crippen molar-refractivity contribution < 1.29 is 23.5 Å². The van der Waals surface area contributed by atoms with Gasteiger partial charge < -0.3 is 19.5 Å². The van der Waals surface area contributed by atoms with Gasteiger partial charge in [0.25, 0.3) is 0 Å². The quantitative estimate of drug-likeness (QED) is 0.793. The Hall–Kier alpha value is -2.14. The number of ether oxygens (including phenoxy) is 1. The molecular formula is C18H20NO5P. The first-order valence-corrected chi connectivity index (χ1v) is 9.58. The molecule has 2 aromatic rings. The standard InChI is InChI=1S/C18H20NO5P/c1-12(25(21,22)23-2)19-18(20)24-11-17-15-9-5-3-7-13(15)14-8-4-6-10-16(14)17/h3-10,12,17H,11H2,1-2H3,(H,19,20)(H,21,22). The number of benzene rings is 2. The highest BCUT2D eigenvalue weighted by molar-refractivity contribution is 7.53. The van der Waals surface area contributed by atoms with Crippen LogP contribution in [-0.4, -0.2) is 30.5 Å². The Morgan fingerprint density at radius 1 is 1.16 bits per heavy atom. The average molecular weight is 361 g/mol. The van der Waals surface area contributed by atoms with Crippen LogP contribution in [0.5, 0.6) is 0 Å². The summed E-state index contributed by atoms with van der Waals surface area (Å²) in [6.45, 7) is 1.54. The smallest absolute Gasteiger partial charge is 0.407 e. The van der Waals surface area contributed by atoms with Crippen LogP contribution in [0.1, 0.15) is 24.0 Å². The number of hydrogen-bond donors (Lipinski definition) is 2. The van der Waals surface area contributed by atoms with Crippen LogP contribution >= 0.6 is 7.60 Å². The molecular weight excluding hydrogens is 341 g/mol. The van der Waals surface area contributed by atoms with Gasteiger partial charge in [0.15, 0.2) is 0 Å². The molecule has 0 heterocycles. The minimum atomic E-state index is -3.89. The SMILES string of the molecule is COP(=O)(O)C(C)NC(=O)OCC1c2ccccc2-c2ccccc21. The number of carbonyl (C=O) groups is 1. The maximum atomic E-state index is 12.0. The van der Waals surface area contributed by atoms with Gasteiger partial charge in [-0.15, -0.1) is 0 Å². The van der Waals surface area contributed by atoms with E-state index < -0.39 is 19.5 Å². The van der Waals surface area contributed by atoms with Crippen LogP contribution in [0.2, 0.25) is 0 Å². The second-order valence-electron chi connectivity index (χ2n) is 5.89. The lowest BCUT2D eigenvalue weighted by Gasteiger charge is -2.19. The zero-order valence-corrected chi connectivity index (χ0v) is 14.9. The largest absolute Gasteiger partial charge is 0.449 e. The Morgan fingerprint density at radius 3 is 2.20 bits per heavy atom. The molecule has 0 bridgehead atoms. The van der Waals surface area contributed by atoms with Crippen LogP contribution < -0.4 is 5.32 Å². The molecule has 0 saturated heterocycles. The third-order valence-corrected chi connectivity index (χ3v) is 6.05. The van der Waals surface area contributed by atoms with Crippen LogP contribution in [0.4, 0.5) is 4.79 Å². The van der Waals surface area contributed by atoms with Crippen LogP contribution in [0.25, 0.3) is 11.1 Å². The molecule has 0 aliphatic heterocycles. The van der Waals surface area contributed by atoms with Crippen molar-refractivity contribution in [3.05, 3.63) is 59.7 Å². The number of nitrogens with one attached hydrogen (secondary N) is 1. The summed E-state index contributed by atoms with van der Waals surface area (Å²) < 4.78 is 21.5. The van der Waals surface area contributed by atoms with Crippen molar-refractivity contribution >= 4 is 13.7 Å². The summed E-state index contributed by atoms with van der Waals surface area (Å²) in [6.07, 6.45) is -0.749. The molecule has 0 fully saturated rings. The van der Waals surface area contributed by atoms with Gasteiger partial charge in [-0.1, -0.05) is 48.5 Å². The van der Waals surface area contributed by atoms with E-state index in [1.54, 1.807) is 0 Å². The number of hydrogen-bond acceptors (Lipinski definition) is 4. The summed E-state index contributed by atoms with van der Waals surface area (Å²) in [5.41, 5.74) is 4.49. The van der Waals surface area contributed by atoms with Crippen molar-refractivity contribution in [2.24, 2.45) is 0 Å². The minimum Gasteiger partial charge on any atom is -0.449 e. The molecule has 132 valence electrons. The van der Waals surface area contributed by atoms with Gasteiger partial charge in [-0.3, -0.25) is 4.57 Å². The van der Waals surface area contributed by atoms with Gasteiger partial charge in [0.2, 0.25) is 0 Å². The molecule has 2 N–H and O–H groups in total. The van der Waals surface area contributed by atoms with Crippen LogP contribution in [0.15, 0.2) is 48.5 Å². The summed E-state index contributed by atoms with van der Waals surface area (Å²) in [4.78, 5) is 21.5. The van der Waals surface area contributed by atoms with Crippen molar-refractivity contribution in [3.63, 3.8) is 0 Å². The number of alkyl carbamates (subject to hydrolysis) is 1. The normalized spacial score (nSPS) is 16.4. The topological polar surface area (TPSA) is 84.9 Å². The molecule has 2 atom stereocenters. The zero-order valence-electron chi connectivity index (χ0n) is 14.0. The molecule has 1 aliphatic rings. The fraction of sp³-hybridized carbons (Fsp3) is 0.278. The first kappa shape index (κ1) is 17.7. The van der Waals surface area contributed by atoms with E-state index in [0.29, 0.717) is 0 Å². The van der Waals surface area contributed by atoms with Crippen molar-refractivity contribution in [2.75, 3.05) is 13.7 Å². The summed E-state index contributed by atoms with van der Waals surface area (Å²) in [7, 11) is -2.76. The zero-order chi connectivity index (χ0) is 18.0. The molecule has 0 spiro atoms. The number of rotatable bonds is 5. The van der Waals surface area contributed by atoms with Crippen molar-refractivity contribution in [2.45, 2.75) is 18.6 Å². The van der Waals surface area contributed by atoms with Gasteiger partial charge in [0, 0.05) is 13.0 Å². The summed E-state index contributed by atoms with van der Waals surface area (Å²) >= 11 is 0. The highest BCUT2D eigenvalue weighted by Gasteiger charge is 2.31. The lowest BCUT2D eigenvalue weighted by atomic mass is 9.98. The maximum Gasteiger partial charge on any atom is 0.407 e. The monoisotopic (exact) mass is 361 g/mol. The van der Waals surface area contributed by atoms with Crippen molar-refractivity contribution in [3.8, 4) is 11.1 Å². The average Bonchev–Trinajstić information content (AvgIpc) is 2.94. The molecule has 3 rings (SSSR count). The van der Waals surface area contributed by atoms with Crippen LogP contribution in [0, 0.1) is 0 Å². The first-order valence-electron chi connectivity index (χ1n) is 7.93. The molecule has 1 aliphatic carbocycles. The molecule has 0 saturated carbocycles. The molecule has 0 aromatic heterocycles. The Bertz CT molecular complexity index is 792. The van der Waals surface area contributed by atoms with Crippen molar-refractivity contribution in [1.29, 1.82) is 0 Å². The minimum absolute atomic E-state index is 0.0585. The molecule has 2 unspecified atom stereocenters. The van der Waals surface area contributed by atoms with Gasteiger partial charge in [-0.25, -0.2) is 4.79 Å². The predicted molar refractivity (Wildman–Crippen MR) is 94.5 cm³/mol.